The quantitative estimate of drug-likeness (QED) is 0.882. The van der Waals surface area contributed by atoms with E-state index in [-0.39, 0.29) is 5.91 Å². The molecule has 2 heterocycles. The molecule has 0 unspecified atom stereocenters. The van der Waals surface area contributed by atoms with Crippen LogP contribution in [0.5, 0.6) is 11.5 Å². The number of nitrogens with one attached hydrogen (secondary N) is 1. The summed E-state index contributed by atoms with van der Waals surface area (Å²) in [5.74, 6) is 2.04. The maximum absolute atomic E-state index is 12.9. The molecule has 28 heavy (non-hydrogen) atoms. The van der Waals surface area contributed by atoms with Crippen LogP contribution in [0.4, 0.5) is 0 Å². The molecule has 5 nitrogen and oxygen atoms in total. The second kappa shape index (κ2) is 8.23. The van der Waals surface area contributed by atoms with E-state index < -0.39 is 0 Å². The van der Waals surface area contributed by atoms with Crippen LogP contribution in [0.25, 0.3) is 0 Å². The van der Waals surface area contributed by atoms with Crippen LogP contribution in [0.2, 0.25) is 0 Å². The number of carbonyl (C=O) groups excluding carboxylic acids is 1. The molecule has 0 spiro atoms. The number of quaternary nitrogens is 1. The van der Waals surface area contributed by atoms with Gasteiger partial charge in [-0.15, -0.1) is 0 Å². The third-order valence-corrected chi connectivity index (χ3v) is 5.65. The number of nitrogens with zero attached hydrogens (tertiary/aromatic N) is 1. The van der Waals surface area contributed by atoms with Crippen molar-refractivity contribution < 1.29 is 19.2 Å². The highest BCUT2D eigenvalue weighted by molar-refractivity contribution is 5.95. The first-order valence-electron chi connectivity index (χ1n) is 10.2. The lowest BCUT2D eigenvalue weighted by atomic mass is 10.0. The lowest BCUT2D eigenvalue weighted by Gasteiger charge is -2.32. The second-order valence-corrected chi connectivity index (χ2v) is 7.97. The largest absolute Gasteiger partial charge is 0.486 e. The van der Waals surface area contributed by atoms with Crippen LogP contribution < -0.4 is 14.4 Å². The maximum Gasteiger partial charge on any atom is 0.254 e. The van der Waals surface area contributed by atoms with Crippen LogP contribution in [-0.4, -0.2) is 50.2 Å². The molecular weight excluding hydrogens is 352 g/mol. The Kier molecular flexibility index (Phi) is 5.53. The van der Waals surface area contributed by atoms with Gasteiger partial charge in [0.05, 0.1) is 26.2 Å². The number of hydrogen-bond donors (Lipinski definition) is 1. The average Bonchev–Trinajstić information content (AvgIpc) is 2.74. The second-order valence-electron chi connectivity index (χ2n) is 7.97. The topological polar surface area (TPSA) is 43.2 Å². The number of benzene rings is 2. The Bertz CT molecular complexity index is 824. The van der Waals surface area contributed by atoms with Gasteiger partial charge in [0, 0.05) is 11.1 Å². The molecule has 0 saturated carbocycles. The first-order valence-corrected chi connectivity index (χ1v) is 10.2. The van der Waals surface area contributed by atoms with Gasteiger partial charge >= 0.3 is 0 Å². The fourth-order valence-corrected chi connectivity index (χ4v) is 3.87. The maximum atomic E-state index is 12.9. The first kappa shape index (κ1) is 18.8. The van der Waals surface area contributed by atoms with Gasteiger partial charge in [-0.25, -0.2) is 0 Å². The highest BCUT2D eigenvalue weighted by atomic mass is 16.6. The van der Waals surface area contributed by atoms with E-state index in [1.54, 1.807) is 0 Å². The average molecular weight is 381 g/mol. The van der Waals surface area contributed by atoms with Gasteiger partial charge in [0.1, 0.15) is 19.8 Å². The van der Waals surface area contributed by atoms with E-state index >= 15 is 0 Å². The number of ether oxygens (including phenoxy) is 2. The van der Waals surface area contributed by atoms with Crippen molar-refractivity contribution in [1.29, 1.82) is 0 Å². The molecular formula is C23H29N2O3+. The summed E-state index contributed by atoms with van der Waals surface area (Å²) >= 11 is 0. The van der Waals surface area contributed by atoms with Gasteiger partial charge in [-0.05, 0) is 29.7 Å². The molecule has 0 aliphatic carbocycles. The number of hydrogen-bond acceptors (Lipinski definition) is 3. The van der Waals surface area contributed by atoms with Crippen molar-refractivity contribution >= 4 is 5.91 Å². The number of piperazine rings is 1. The van der Waals surface area contributed by atoms with Crippen LogP contribution >= 0.6 is 0 Å². The Morgan fingerprint density at radius 3 is 2.36 bits per heavy atom. The molecule has 0 aromatic heterocycles. The number of amides is 1. The van der Waals surface area contributed by atoms with E-state index in [1.807, 2.05) is 23.1 Å². The first-order chi connectivity index (χ1) is 13.6. The molecule has 1 saturated heterocycles. The normalized spacial score (nSPS) is 17.0. The summed E-state index contributed by atoms with van der Waals surface area (Å²) < 4.78 is 11.1. The van der Waals surface area contributed by atoms with Crippen molar-refractivity contribution in [3.8, 4) is 11.5 Å². The Hall–Kier alpha value is -2.53. The predicted molar refractivity (Wildman–Crippen MR) is 108 cm³/mol. The minimum absolute atomic E-state index is 0.0808. The van der Waals surface area contributed by atoms with E-state index in [0.717, 1.165) is 38.5 Å². The molecule has 4 rings (SSSR count). The summed E-state index contributed by atoms with van der Waals surface area (Å²) in [5, 5.41) is 0. The molecule has 2 aliphatic heterocycles. The number of fused-ring (bicyclic) bond motifs is 1. The molecule has 0 radical (unpaired) electrons. The molecule has 2 aromatic rings. The molecule has 1 amide bonds. The number of carbonyl (C=O) groups is 1. The van der Waals surface area contributed by atoms with Crippen molar-refractivity contribution in [2.75, 3.05) is 39.4 Å². The van der Waals surface area contributed by atoms with E-state index in [0.29, 0.717) is 30.4 Å². The van der Waals surface area contributed by atoms with Gasteiger partial charge < -0.3 is 19.3 Å². The smallest absolute Gasteiger partial charge is 0.254 e. The Labute approximate surface area is 166 Å². The molecule has 1 N–H and O–H groups in total. The Balaban J connectivity index is 1.33. The molecule has 148 valence electrons. The van der Waals surface area contributed by atoms with Gasteiger partial charge in [-0.2, -0.15) is 0 Å². The summed E-state index contributed by atoms with van der Waals surface area (Å²) in [4.78, 5) is 16.4. The van der Waals surface area contributed by atoms with Crippen molar-refractivity contribution in [3.63, 3.8) is 0 Å². The monoisotopic (exact) mass is 381 g/mol. The highest BCUT2D eigenvalue weighted by Gasteiger charge is 2.25. The SMILES string of the molecule is CC(C)c1ccc(C[NH+]2CCN(C(=O)c3ccc4c(c3)OCCO4)CC2)cc1. The Morgan fingerprint density at radius 1 is 1.00 bits per heavy atom. The van der Waals surface area contributed by atoms with Crippen LogP contribution in [0, 0.1) is 0 Å². The summed E-state index contributed by atoms with van der Waals surface area (Å²) in [7, 11) is 0. The van der Waals surface area contributed by atoms with Crippen LogP contribution in [-0.2, 0) is 6.54 Å². The van der Waals surface area contributed by atoms with Crippen molar-refractivity contribution in [2.45, 2.75) is 26.3 Å². The zero-order valence-electron chi connectivity index (χ0n) is 16.7. The molecule has 5 heteroatoms. The van der Waals surface area contributed by atoms with Gasteiger partial charge in [0.25, 0.3) is 5.91 Å². The standard InChI is InChI=1S/C23H28N2O3/c1-17(2)19-5-3-18(4-6-19)16-24-9-11-25(12-10-24)23(26)20-7-8-21-22(15-20)28-14-13-27-21/h3-8,15,17H,9-14,16H2,1-2H3/p+1. The fourth-order valence-electron chi connectivity index (χ4n) is 3.87. The van der Waals surface area contributed by atoms with Crippen LogP contribution in [0.15, 0.2) is 42.5 Å². The van der Waals surface area contributed by atoms with Gasteiger partial charge in [-0.3, -0.25) is 4.79 Å². The molecule has 0 bridgehead atoms. The molecule has 0 atom stereocenters. The lowest BCUT2D eigenvalue weighted by molar-refractivity contribution is -0.917. The van der Waals surface area contributed by atoms with Gasteiger partial charge in [0.2, 0.25) is 0 Å². The van der Waals surface area contributed by atoms with Crippen molar-refractivity contribution in [3.05, 3.63) is 59.2 Å². The summed E-state index contributed by atoms with van der Waals surface area (Å²) in [6, 6.07) is 14.5. The zero-order chi connectivity index (χ0) is 19.5. The summed E-state index contributed by atoms with van der Waals surface area (Å²) in [5.41, 5.74) is 3.43. The summed E-state index contributed by atoms with van der Waals surface area (Å²) in [6.45, 7) is 10.1. The Morgan fingerprint density at radius 2 is 1.68 bits per heavy atom. The summed E-state index contributed by atoms with van der Waals surface area (Å²) in [6.07, 6.45) is 0. The van der Waals surface area contributed by atoms with E-state index in [2.05, 4.69) is 38.1 Å². The molecule has 1 fully saturated rings. The lowest BCUT2D eigenvalue weighted by Crippen LogP contribution is -3.13. The van der Waals surface area contributed by atoms with Gasteiger partial charge in [-0.1, -0.05) is 38.1 Å². The minimum atomic E-state index is 0.0808. The van der Waals surface area contributed by atoms with Gasteiger partial charge in [0.15, 0.2) is 11.5 Å². The van der Waals surface area contributed by atoms with E-state index in [1.165, 1.54) is 16.0 Å². The van der Waals surface area contributed by atoms with Crippen LogP contribution in [0.3, 0.4) is 0 Å². The van der Waals surface area contributed by atoms with Crippen molar-refractivity contribution in [2.24, 2.45) is 0 Å². The van der Waals surface area contributed by atoms with Crippen LogP contribution in [0.1, 0.15) is 41.3 Å². The molecule has 2 aliphatic rings. The predicted octanol–water partition coefficient (Wildman–Crippen LogP) is 2.12. The third-order valence-electron chi connectivity index (χ3n) is 5.65. The third kappa shape index (κ3) is 4.14. The van der Waals surface area contributed by atoms with E-state index in [4.69, 9.17) is 9.47 Å². The highest BCUT2D eigenvalue weighted by Crippen LogP contribution is 2.31. The zero-order valence-corrected chi connectivity index (χ0v) is 16.7. The fraction of sp³-hybridized carbons (Fsp3) is 0.435. The number of rotatable bonds is 4. The molecule has 2 aromatic carbocycles. The van der Waals surface area contributed by atoms with E-state index in [9.17, 15) is 4.79 Å². The minimum Gasteiger partial charge on any atom is -0.486 e. The van der Waals surface area contributed by atoms with Crippen molar-refractivity contribution in [1.82, 2.24) is 4.90 Å².